The van der Waals surface area contributed by atoms with Crippen molar-refractivity contribution < 1.29 is 24.2 Å². The fourth-order valence-electron chi connectivity index (χ4n) is 4.45. The number of carbonyl (C=O) groups is 3. The third-order valence-corrected chi connectivity index (χ3v) is 6.33. The molecule has 2 aromatic rings. The summed E-state index contributed by atoms with van der Waals surface area (Å²) < 4.78 is 5.50. The Morgan fingerprint density at radius 2 is 1.48 bits per heavy atom. The number of rotatable bonds is 12. The molecule has 3 atom stereocenters. The third kappa shape index (κ3) is 10.5. The minimum Gasteiger partial charge on any atom is -0.508 e. The van der Waals surface area contributed by atoms with Gasteiger partial charge in [-0.1, -0.05) is 56.3 Å². The molecule has 0 aliphatic carbocycles. The van der Waals surface area contributed by atoms with E-state index in [0.717, 1.165) is 12.0 Å². The molecule has 0 aromatic heterocycles. The summed E-state index contributed by atoms with van der Waals surface area (Å²) in [6, 6.07) is 13.4. The average molecular weight is 554 g/mol. The zero-order chi connectivity index (χ0) is 30.0. The Balaban J connectivity index is 2.60. The van der Waals surface area contributed by atoms with E-state index in [9.17, 15) is 19.5 Å². The van der Waals surface area contributed by atoms with Gasteiger partial charge in [0, 0.05) is 18.5 Å². The highest BCUT2D eigenvalue weighted by molar-refractivity contribution is 5.92. The van der Waals surface area contributed by atoms with E-state index in [1.807, 2.05) is 51.1 Å². The molecular weight excluding hydrogens is 506 g/mol. The second-order valence-corrected chi connectivity index (χ2v) is 12.1. The first-order valence-corrected chi connectivity index (χ1v) is 14.1. The van der Waals surface area contributed by atoms with Gasteiger partial charge in [0.15, 0.2) is 0 Å². The van der Waals surface area contributed by atoms with E-state index in [4.69, 9.17) is 4.74 Å². The lowest BCUT2D eigenvalue weighted by atomic mass is 9.96. The lowest BCUT2D eigenvalue weighted by Gasteiger charge is -2.39. The highest BCUT2D eigenvalue weighted by atomic mass is 16.6. The van der Waals surface area contributed by atoms with Crippen molar-refractivity contribution in [2.24, 2.45) is 5.92 Å². The first-order valence-electron chi connectivity index (χ1n) is 14.1. The van der Waals surface area contributed by atoms with E-state index in [1.54, 1.807) is 37.8 Å². The SMILES string of the molecule is CC(C)CCC(C)N(C(=O)C(Cc1ccc(O)cc1)NC(=O)OC(C)(C)C)C(C(=O)NC(C)C)c1ccccc1. The van der Waals surface area contributed by atoms with Crippen LogP contribution in [-0.4, -0.2) is 51.6 Å². The van der Waals surface area contributed by atoms with Crippen molar-refractivity contribution in [3.05, 3.63) is 65.7 Å². The summed E-state index contributed by atoms with van der Waals surface area (Å²) >= 11 is 0. The van der Waals surface area contributed by atoms with E-state index in [0.29, 0.717) is 17.9 Å². The van der Waals surface area contributed by atoms with Crippen LogP contribution in [-0.2, 0) is 20.7 Å². The van der Waals surface area contributed by atoms with Crippen molar-refractivity contribution in [1.29, 1.82) is 0 Å². The number of benzene rings is 2. The molecule has 0 spiro atoms. The summed E-state index contributed by atoms with van der Waals surface area (Å²) in [7, 11) is 0. The van der Waals surface area contributed by atoms with Crippen molar-refractivity contribution in [3.63, 3.8) is 0 Å². The molecule has 220 valence electrons. The number of amides is 3. The van der Waals surface area contributed by atoms with Crippen LogP contribution in [0.15, 0.2) is 54.6 Å². The van der Waals surface area contributed by atoms with Gasteiger partial charge >= 0.3 is 6.09 Å². The molecule has 40 heavy (non-hydrogen) atoms. The summed E-state index contributed by atoms with van der Waals surface area (Å²) in [4.78, 5) is 42.8. The van der Waals surface area contributed by atoms with Gasteiger partial charge in [-0.2, -0.15) is 0 Å². The number of nitrogens with zero attached hydrogens (tertiary/aromatic N) is 1. The molecule has 3 unspecified atom stereocenters. The van der Waals surface area contributed by atoms with Gasteiger partial charge in [-0.15, -0.1) is 0 Å². The van der Waals surface area contributed by atoms with E-state index in [2.05, 4.69) is 24.5 Å². The topological polar surface area (TPSA) is 108 Å². The molecular formula is C32H47N3O5. The van der Waals surface area contributed by atoms with E-state index in [1.165, 1.54) is 12.1 Å². The molecule has 0 aliphatic heterocycles. The molecule has 3 amide bonds. The van der Waals surface area contributed by atoms with Gasteiger partial charge in [0.1, 0.15) is 23.4 Å². The normalized spacial score (nSPS) is 13.8. The molecule has 0 saturated heterocycles. The van der Waals surface area contributed by atoms with Gasteiger partial charge in [-0.25, -0.2) is 4.79 Å². The maximum Gasteiger partial charge on any atom is 0.408 e. The predicted octanol–water partition coefficient (Wildman–Crippen LogP) is 5.75. The summed E-state index contributed by atoms with van der Waals surface area (Å²) in [5.41, 5.74) is 0.667. The highest BCUT2D eigenvalue weighted by Crippen LogP contribution is 2.28. The summed E-state index contributed by atoms with van der Waals surface area (Å²) in [5.74, 6) is -0.161. The second-order valence-electron chi connectivity index (χ2n) is 12.1. The number of hydrogen-bond donors (Lipinski definition) is 3. The number of hydrogen-bond acceptors (Lipinski definition) is 5. The maximum absolute atomic E-state index is 14.5. The lowest BCUT2D eigenvalue weighted by molar-refractivity contribution is -0.145. The number of ether oxygens (including phenoxy) is 1. The summed E-state index contributed by atoms with van der Waals surface area (Å²) in [6.45, 7) is 15.2. The third-order valence-electron chi connectivity index (χ3n) is 6.33. The fraction of sp³-hybridized carbons (Fsp3) is 0.531. The number of carbonyl (C=O) groups excluding carboxylic acids is 3. The number of phenolic OH excluding ortho intramolecular Hbond substituents is 1. The Labute approximate surface area is 239 Å². The Morgan fingerprint density at radius 1 is 0.875 bits per heavy atom. The first-order chi connectivity index (χ1) is 18.7. The van der Waals surface area contributed by atoms with Crippen LogP contribution in [0.25, 0.3) is 0 Å². The van der Waals surface area contributed by atoms with Crippen LogP contribution in [0, 0.1) is 5.92 Å². The average Bonchev–Trinajstić information content (AvgIpc) is 2.85. The van der Waals surface area contributed by atoms with Crippen LogP contribution in [0.5, 0.6) is 5.75 Å². The van der Waals surface area contributed by atoms with Crippen LogP contribution < -0.4 is 10.6 Å². The van der Waals surface area contributed by atoms with Crippen molar-refractivity contribution in [2.45, 2.75) is 104 Å². The molecule has 3 N–H and O–H groups in total. The van der Waals surface area contributed by atoms with Crippen LogP contribution >= 0.6 is 0 Å². The highest BCUT2D eigenvalue weighted by Gasteiger charge is 2.39. The predicted molar refractivity (Wildman–Crippen MR) is 158 cm³/mol. The first kappa shape index (κ1) is 32.7. The van der Waals surface area contributed by atoms with Gasteiger partial charge in [-0.3, -0.25) is 9.59 Å². The summed E-state index contributed by atoms with van der Waals surface area (Å²) in [6.07, 6.45) is 0.974. The van der Waals surface area contributed by atoms with Crippen LogP contribution in [0.1, 0.15) is 85.4 Å². The number of nitrogens with one attached hydrogen (secondary N) is 2. The minimum absolute atomic E-state index is 0.102. The van der Waals surface area contributed by atoms with Crippen molar-refractivity contribution >= 4 is 17.9 Å². The van der Waals surface area contributed by atoms with Crippen LogP contribution in [0.3, 0.4) is 0 Å². The number of phenols is 1. The van der Waals surface area contributed by atoms with E-state index in [-0.39, 0.29) is 36.1 Å². The molecule has 8 nitrogen and oxygen atoms in total. The molecule has 2 aromatic carbocycles. The van der Waals surface area contributed by atoms with Gasteiger partial charge < -0.3 is 25.4 Å². The largest absolute Gasteiger partial charge is 0.508 e. The van der Waals surface area contributed by atoms with Crippen LogP contribution in [0.4, 0.5) is 4.79 Å². The number of aromatic hydroxyl groups is 1. The molecule has 0 saturated carbocycles. The molecule has 2 rings (SSSR count). The zero-order valence-corrected chi connectivity index (χ0v) is 25.2. The standard InChI is InChI=1S/C32H47N3O5/c1-21(2)14-15-23(5)35(28(29(37)33-22(3)4)25-12-10-9-11-13-25)30(38)27(34-31(39)40-32(6,7)8)20-24-16-18-26(36)19-17-24/h9-13,16-19,21-23,27-28,36H,14-15,20H2,1-8H3,(H,33,37)(H,34,39). The Bertz CT molecular complexity index is 1090. The smallest absolute Gasteiger partial charge is 0.408 e. The maximum atomic E-state index is 14.5. The van der Waals surface area contributed by atoms with Crippen molar-refractivity contribution in [1.82, 2.24) is 15.5 Å². The molecule has 8 heteroatoms. The van der Waals surface area contributed by atoms with Gasteiger partial charge in [0.25, 0.3) is 0 Å². The quantitative estimate of drug-likeness (QED) is 0.310. The van der Waals surface area contributed by atoms with Crippen LogP contribution in [0.2, 0.25) is 0 Å². The molecule has 0 fully saturated rings. The number of alkyl carbamates (subject to hydrolysis) is 1. The molecule has 0 aliphatic rings. The zero-order valence-electron chi connectivity index (χ0n) is 25.2. The van der Waals surface area contributed by atoms with E-state index < -0.39 is 23.8 Å². The van der Waals surface area contributed by atoms with Gasteiger partial charge in [-0.05, 0) is 83.6 Å². The lowest BCUT2D eigenvalue weighted by Crippen LogP contribution is -2.56. The second kappa shape index (κ2) is 14.7. The Kier molecular flexibility index (Phi) is 12.0. The fourth-order valence-corrected chi connectivity index (χ4v) is 4.45. The monoisotopic (exact) mass is 553 g/mol. The molecule has 0 bridgehead atoms. The molecule has 0 radical (unpaired) electrons. The Morgan fingerprint density at radius 3 is 2.00 bits per heavy atom. The van der Waals surface area contributed by atoms with Gasteiger partial charge in [0.05, 0.1) is 0 Å². The van der Waals surface area contributed by atoms with Gasteiger partial charge in [0.2, 0.25) is 11.8 Å². The minimum atomic E-state index is -1.01. The summed E-state index contributed by atoms with van der Waals surface area (Å²) in [5, 5.41) is 15.5. The van der Waals surface area contributed by atoms with Crippen molar-refractivity contribution in [3.8, 4) is 5.75 Å². The molecule has 0 heterocycles. The Hall–Kier alpha value is -3.55. The van der Waals surface area contributed by atoms with Crippen molar-refractivity contribution in [2.75, 3.05) is 0 Å². The van der Waals surface area contributed by atoms with E-state index >= 15 is 0 Å².